The lowest BCUT2D eigenvalue weighted by Gasteiger charge is -2.31. The second kappa shape index (κ2) is 13.5. The Kier molecular flexibility index (Phi) is 11.0. The van der Waals surface area contributed by atoms with Gasteiger partial charge in [0.25, 0.3) is 0 Å². The van der Waals surface area contributed by atoms with Crippen LogP contribution in [0.25, 0.3) is 0 Å². The van der Waals surface area contributed by atoms with Gasteiger partial charge in [0, 0.05) is 17.6 Å². The van der Waals surface area contributed by atoms with Gasteiger partial charge in [0.15, 0.2) is 0 Å². The highest BCUT2D eigenvalue weighted by Gasteiger charge is 2.30. The van der Waals surface area contributed by atoms with Gasteiger partial charge in [-0.05, 0) is 62.2 Å². The van der Waals surface area contributed by atoms with Crippen LogP contribution in [-0.4, -0.2) is 57.1 Å². The maximum Gasteiger partial charge on any atom is 0.244 e. The van der Waals surface area contributed by atoms with Gasteiger partial charge in [0.05, 0.1) is 18.6 Å². The average molecular weight is 569 g/mol. The van der Waals surface area contributed by atoms with Crippen molar-refractivity contribution >= 4 is 43.5 Å². The van der Waals surface area contributed by atoms with Crippen molar-refractivity contribution in [3.63, 3.8) is 0 Å². The van der Waals surface area contributed by atoms with Crippen molar-refractivity contribution in [3.05, 3.63) is 58.6 Å². The van der Waals surface area contributed by atoms with Crippen molar-refractivity contribution in [2.75, 3.05) is 30.3 Å². The molecule has 0 aliphatic rings. The smallest absolute Gasteiger partial charge is 0.244 e. The van der Waals surface area contributed by atoms with Crippen molar-refractivity contribution in [2.24, 2.45) is 0 Å². The molecule has 0 spiro atoms. The van der Waals surface area contributed by atoms with Gasteiger partial charge in [0.1, 0.15) is 18.3 Å². The Balaban J connectivity index is 2.33. The molecule has 0 bridgehead atoms. The van der Waals surface area contributed by atoms with Crippen LogP contribution >= 0.6 is 15.9 Å². The molecule has 35 heavy (non-hydrogen) atoms. The molecule has 2 aromatic rings. The van der Waals surface area contributed by atoms with Gasteiger partial charge >= 0.3 is 0 Å². The van der Waals surface area contributed by atoms with Crippen molar-refractivity contribution in [1.82, 2.24) is 10.2 Å². The van der Waals surface area contributed by atoms with Crippen LogP contribution in [0.5, 0.6) is 5.75 Å². The van der Waals surface area contributed by atoms with Crippen LogP contribution in [0.15, 0.2) is 53.0 Å². The van der Waals surface area contributed by atoms with Gasteiger partial charge in [0.2, 0.25) is 21.8 Å². The summed E-state index contributed by atoms with van der Waals surface area (Å²) in [7, 11) is -3.78. The summed E-state index contributed by atoms with van der Waals surface area (Å²) in [5, 5.41) is 2.86. The Bertz CT molecular complexity index is 1090. The number of sulfonamides is 1. The number of halogens is 1. The van der Waals surface area contributed by atoms with Crippen LogP contribution in [-0.2, 0) is 26.2 Å². The first kappa shape index (κ1) is 28.6. The van der Waals surface area contributed by atoms with E-state index in [0.717, 1.165) is 33.4 Å². The van der Waals surface area contributed by atoms with Crippen LogP contribution in [0, 0.1) is 0 Å². The Morgan fingerprint density at radius 3 is 2.37 bits per heavy atom. The topological polar surface area (TPSA) is 96.0 Å². The molecular weight excluding hydrogens is 534 g/mol. The van der Waals surface area contributed by atoms with E-state index in [2.05, 4.69) is 21.2 Å². The van der Waals surface area contributed by atoms with Crippen molar-refractivity contribution in [1.29, 1.82) is 0 Å². The molecule has 10 heteroatoms. The minimum Gasteiger partial charge on any atom is -0.494 e. The lowest BCUT2D eigenvalue weighted by atomic mass is 10.1. The molecule has 0 aliphatic heterocycles. The fourth-order valence-electron chi connectivity index (χ4n) is 3.44. The number of ether oxygens (including phenoxy) is 1. The number of rotatable bonds is 13. The molecule has 2 aromatic carbocycles. The van der Waals surface area contributed by atoms with E-state index >= 15 is 0 Å². The normalized spacial score (nSPS) is 12.0. The molecule has 0 aromatic heterocycles. The third kappa shape index (κ3) is 8.85. The highest BCUT2D eigenvalue weighted by molar-refractivity contribution is 9.10. The van der Waals surface area contributed by atoms with Crippen LogP contribution in [0.2, 0.25) is 0 Å². The molecule has 0 radical (unpaired) electrons. The van der Waals surface area contributed by atoms with Gasteiger partial charge in [-0.2, -0.15) is 0 Å². The molecule has 1 N–H and O–H groups in total. The molecule has 1 atom stereocenters. The van der Waals surface area contributed by atoms with E-state index in [1.165, 1.54) is 4.90 Å². The van der Waals surface area contributed by atoms with Gasteiger partial charge in [-0.3, -0.25) is 13.9 Å². The third-order valence-electron chi connectivity index (χ3n) is 5.35. The second-order valence-electron chi connectivity index (χ2n) is 8.17. The predicted molar refractivity (Wildman–Crippen MR) is 142 cm³/mol. The molecule has 0 saturated heterocycles. The summed E-state index contributed by atoms with van der Waals surface area (Å²) >= 11 is 3.43. The number of carbonyl (C=O) groups excluding carboxylic acids is 2. The maximum atomic E-state index is 13.5. The summed E-state index contributed by atoms with van der Waals surface area (Å²) in [5.74, 6) is -0.166. The number of nitrogens with one attached hydrogen (secondary N) is 1. The fourth-order valence-corrected chi connectivity index (χ4v) is 4.74. The zero-order valence-electron chi connectivity index (χ0n) is 20.7. The molecule has 2 rings (SSSR count). The van der Waals surface area contributed by atoms with Gasteiger partial charge in [-0.1, -0.05) is 41.4 Å². The lowest BCUT2D eigenvalue weighted by Crippen LogP contribution is -2.51. The maximum absolute atomic E-state index is 13.5. The summed E-state index contributed by atoms with van der Waals surface area (Å²) in [6.45, 7) is 6.25. The van der Waals surface area contributed by atoms with E-state index in [1.54, 1.807) is 31.2 Å². The molecule has 0 aliphatic carbocycles. The molecule has 8 nitrogen and oxygen atoms in total. The summed E-state index contributed by atoms with van der Waals surface area (Å²) < 4.78 is 32.6. The van der Waals surface area contributed by atoms with Crippen LogP contribution in [0.3, 0.4) is 0 Å². The molecule has 192 valence electrons. The van der Waals surface area contributed by atoms with E-state index in [-0.39, 0.29) is 12.5 Å². The Morgan fingerprint density at radius 1 is 1.11 bits per heavy atom. The summed E-state index contributed by atoms with van der Waals surface area (Å²) in [6, 6.07) is 13.1. The van der Waals surface area contributed by atoms with Crippen molar-refractivity contribution in [2.45, 2.75) is 46.2 Å². The number of anilines is 1. The van der Waals surface area contributed by atoms with Crippen molar-refractivity contribution in [3.8, 4) is 5.75 Å². The van der Waals surface area contributed by atoms with Gasteiger partial charge < -0.3 is 15.0 Å². The summed E-state index contributed by atoms with van der Waals surface area (Å²) in [6.07, 6.45) is 2.81. The zero-order valence-corrected chi connectivity index (χ0v) is 23.1. The van der Waals surface area contributed by atoms with E-state index < -0.39 is 28.5 Å². The number of hydrogen-bond acceptors (Lipinski definition) is 5. The van der Waals surface area contributed by atoms with E-state index in [9.17, 15) is 18.0 Å². The minimum absolute atomic E-state index is 0.154. The number of unbranched alkanes of at least 4 members (excludes halogenated alkanes) is 1. The molecule has 0 saturated carbocycles. The average Bonchev–Trinajstić information content (AvgIpc) is 2.80. The number of benzene rings is 2. The SMILES string of the molecule is CCCCNC(=O)[C@H](C)N(Cc1cccc(Br)c1)C(=O)CN(c1ccc(OCC)cc1)S(C)(=O)=O. The number of hydrogen-bond donors (Lipinski definition) is 1. The van der Waals surface area contributed by atoms with E-state index in [0.29, 0.717) is 24.6 Å². The standard InChI is InChI=1S/C25H34BrN3O5S/c1-5-7-15-27-25(31)19(3)28(17-20-9-8-10-21(26)16-20)24(30)18-29(35(4,32)33)22-11-13-23(14-12-22)34-6-2/h8-14,16,19H,5-7,15,17-18H2,1-4H3,(H,27,31)/t19-/m0/s1. The number of amides is 2. The Labute approximate surface area is 216 Å². The predicted octanol–water partition coefficient (Wildman–Crippen LogP) is 3.95. The zero-order chi connectivity index (χ0) is 26.0. The number of carbonyl (C=O) groups is 2. The first-order valence-electron chi connectivity index (χ1n) is 11.6. The summed E-state index contributed by atoms with van der Waals surface area (Å²) in [5.41, 5.74) is 1.15. The second-order valence-corrected chi connectivity index (χ2v) is 11.0. The van der Waals surface area contributed by atoms with E-state index in [4.69, 9.17) is 4.74 Å². The quantitative estimate of drug-likeness (QED) is 0.370. The van der Waals surface area contributed by atoms with Crippen LogP contribution in [0.1, 0.15) is 39.2 Å². The highest BCUT2D eigenvalue weighted by atomic mass is 79.9. The van der Waals surface area contributed by atoms with Gasteiger partial charge in [-0.15, -0.1) is 0 Å². The van der Waals surface area contributed by atoms with Crippen molar-refractivity contribution < 1.29 is 22.7 Å². The Morgan fingerprint density at radius 2 is 1.80 bits per heavy atom. The summed E-state index contributed by atoms with van der Waals surface area (Å²) in [4.78, 5) is 27.7. The Hall–Kier alpha value is -2.59. The van der Waals surface area contributed by atoms with Gasteiger partial charge in [-0.25, -0.2) is 8.42 Å². The van der Waals surface area contributed by atoms with Crippen LogP contribution < -0.4 is 14.4 Å². The highest BCUT2D eigenvalue weighted by Crippen LogP contribution is 2.23. The van der Waals surface area contributed by atoms with E-state index in [1.807, 2.05) is 38.1 Å². The fraction of sp³-hybridized carbons (Fsp3) is 0.440. The molecule has 0 fully saturated rings. The first-order chi connectivity index (χ1) is 16.6. The third-order valence-corrected chi connectivity index (χ3v) is 6.99. The molecule has 2 amide bonds. The number of nitrogens with zero attached hydrogens (tertiary/aromatic N) is 2. The molecular formula is C25H34BrN3O5S. The minimum atomic E-state index is -3.78. The van der Waals surface area contributed by atoms with Crippen LogP contribution in [0.4, 0.5) is 5.69 Å². The molecule has 0 heterocycles. The largest absolute Gasteiger partial charge is 0.494 e. The lowest BCUT2D eigenvalue weighted by molar-refractivity contribution is -0.139. The first-order valence-corrected chi connectivity index (χ1v) is 14.2. The monoisotopic (exact) mass is 567 g/mol. The molecule has 0 unspecified atom stereocenters.